The van der Waals surface area contributed by atoms with Crippen molar-refractivity contribution in [3.63, 3.8) is 0 Å². The highest BCUT2D eigenvalue weighted by Crippen LogP contribution is 2.21. The van der Waals surface area contributed by atoms with Gasteiger partial charge in [-0.1, -0.05) is 0 Å². The largest absolute Gasteiger partial charge is 0.507 e. The molecule has 0 unspecified atom stereocenters. The van der Waals surface area contributed by atoms with E-state index in [2.05, 4.69) is 4.99 Å². The third-order valence-electron chi connectivity index (χ3n) is 1.81. The predicted octanol–water partition coefficient (Wildman–Crippen LogP) is 2.52. The molecule has 0 aliphatic heterocycles. The molecule has 0 amide bonds. The number of nitro benzene ring substituents is 1. The van der Waals surface area contributed by atoms with Crippen LogP contribution in [0.2, 0.25) is 0 Å². The Kier molecular flexibility index (Phi) is 3.27. The molecule has 0 saturated heterocycles. The maximum Gasteiger partial charge on any atom is 0.270 e. The van der Waals surface area contributed by atoms with Crippen LogP contribution < -0.4 is 0 Å². The summed E-state index contributed by atoms with van der Waals surface area (Å²) in [7, 11) is 0. The average Bonchev–Trinajstić information content (AvgIpc) is 2.14. The second kappa shape index (κ2) is 4.30. The molecule has 1 aromatic rings. The standard InChI is InChI=1S/C11H14N2O3/c1-11(2,3)12-7-8-6-9(13(15)16)4-5-10(8)14/h4-7,14H,1-3H3/b12-7+. The third-order valence-corrected chi connectivity index (χ3v) is 1.81. The molecule has 0 aliphatic carbocycles. The average molecular weight is 222 g/mol. The van der Waals surface area contributed by atoms with E-state index in [4.69, 9.17) is 0 Å². The number of aliphatic imine (C=N–C) groups is 1. The van der Waals surface area contributed by atoms with Crippen LogP contribution in [0.4, 0.5) is 5.69 Å². The Morgan fingerprint density at radius 1 is 1.44 bits per heavy atom. The van der Waals surface area contributed by atoms with E-state index in [1.165, 1.54) is 24.4 Å². The molecule has 5 nitrogen and oxygen atoms in total. The molecular formula is C11H14N2O3. The maximum atomic E-state index is 10.5. The van der Waals surface area contributed by atoms with E-state index in [1.807, 2.05) is 20.8 Å². The Labute approximate surface area is 93.6 Å². The Balaban J connectivity index is 3.08. The summed E-state index contributed by atoms with van der Waals surface area (Å²) in [6, 6.07) is 3.84. The topological polar surface area (TPSA) is 75.7 Å². The first-order valence-corrected chi connectivity index (χ1v) is 4.82. The van der Waals surface area contributed by atoms with E-state index in [0.29, 0.717) is 5.56 Å². The molecule has 0 spiro atoms. The summed E-state index contributed by atoms with van der Waals surface area (Å²) in [5.74, 6) is -0.0152. The normalized spacial score (nSPS) is 11.9. The van der Waals surface area contributed by atoms with E-state index < -0.39 is 4.92 Å². The van der Waals surface area contributed by atoms with Crippen molar-refractivity contribution in [3.8, 4) is 5.75 Å². The summed E-state index contributed by atoms with van der Waals surface area (Å²) >= 11 is 0. The van der Waals surface area contributed by atoms with Crippen molar-refractivity contribution in [1.82, 2.24) is 0 Å². The van der Waals surface area contributed by atoms with Crippen LogP contribution in [0, 0.1) is 10.1 Å². The molecule has 1 N–H and O–H groups in total. The number of benzene rings is 1. The first kappa shape index (κ1) is 12.2. The molecule has 0 heterocycles. The van der Waals surface area contributed by atoms with Crippen molar-refractivity contribution >= 4 is 11.9 Å². The SMILES string of the molecule is CC(C)(C)/N=C/c1cc([N+](=O)[O-])ccc1O. The van der Waals surface area contributed by atoms with Gasteiger partial charge >= 0.3 is 0 Å². The molecule has 0 aliphatic rings. The second-order valence-corrected chi connectivity index (χ2v) is 4.43. The summed E-state index contributed by atoms with van der Waals surface area (Å²) in [6.45, 7) is 5.70. The number of nitrogens with zero attached hydrogens (tertiary/aromatic N) is 2. The zero-order valence-corrected chi connectivity index (χ0v) is 9.47. The summed E-state index contributed by atoms with van der Waals surface area (Å²) < 4.78 is 0. The van der Waals surface area contributed by atoms with Crippen molar-refractivity contribution in [2.75, 3.05) is 0 Å². The van der Waals surface area contributed by atoms with Crippen LogP contribution in [-0.4, -0.2) is 21.8 Å². The van der Waals surface area contributed by atoms with E-state index in [0.717, 1.165) is 0 Å². The number of aromatic hydroxyl groups is 1. The molecule has 0 aromatic heterocycles. The van der Waals surface area contributed by atoms with Crippen molar-refractivity contribution in [3.05, 3.63) is 33.9 Å². The zero-order chi connectivity index (χ0) is 12.3. The van der Waals surface area contributed by atoms with Crippen LogP contribution in [0.3, 0.4) is 0 Å². The monoisotopic (exact) mass is 222 g/mol. The fourth-order valence-corrected chi connectivity index (χ4v) is 1.02. The van der Waals surface area contributed by atoms with Gasteiger partial charge in [0.1, 0.15) is 5.75 Å². The van der Waals surface area contributed by atoms with Gasteiger partial charge in [0.2, 0.25) is 0 Å². The lowest BCUT2D eigenvalue weighted by Crippen LogP contribution is -2.09. The number of hydrogen-bond acceptors (Lipinski definition) is 4. The first-order valence-electron chi connectivity index (χ1n) is 4.82. The minimum absolute atomic E-state index is 0.0152. The summed E-state index contributed by atoms with van der Waals surface area (Å²) in [5.41, 5.74) is 0.00846. The molecule has 0 saturated carbocycles. The molecule has 5 heteroatoms. The van der Waals surface area contributed by atoms with Gasteiger partial charge in [-0.25, -0.2) is 0 Å². The Bertz CT molecular complexity index is 433. The van der Waals surface area contributed by atoms with Gasteiger partial charge in [0.05, 0.1) is 10.5 Å². The lowest BCUT2D eigenvalue weighted by atomic mass is 10.1. The van der Waals surface area contributed by atoms with Gasteiger partial charge in [0.15, 0.2) is 0 Å². The summed E-state index contributed by atoms with van der Waals surface area (Å²) in [6.07, 6.45) is 1.45. The number of rotatable bonds is 2. The summed E-state index contributed by atoms with van der Waals surface area (Å²) in [4.78, 5) is 14.2. The van der Waals surface area contributed by atoms with Crippen LogP contribution in [0.5, 0.6) is 5.75 Å². The van der Waals surface area contributed by atoms with Crippen LogP contribution >= 0.6 is 0 Å². The fraction of sp³-hybridized carbons (Fsp3) is 0.364. The lowest BCUT2D eigenvalue weighted by molar-refractivity contribution is -0.384. The Morgan fingerprint density at radius 2 is 2.06 bits per heavy atom. The fourth-order valence-electron chi connectivity index (χ4n) is 1.02. The molecule has 0 bridgehead atoms. The van der Waals surface area contributed by atoms with Gasteiger partial charge in [0.25, 0.3) is 5.69 Å². The Hall–Kier alpha value is -1.91. The van der Waals surface area contributed by atoms with E-state index >= 15 is 0 Å². The van der Waals surface area contributed by atoms with E-state index in [1.54, 1.807) is 0 Å². The Morgan fingerprint density at radius 3 is 2.56 bits per heavy atom. The molecule has 0 atom stereocenters. The smallest absolute Gasteiger partial charge is 0.270 e. The van der Waals surface area contributed by atoms with Crippen molar-refractivity contribution in [2.24, 2.45) is 4.99 Å². The minimum Gasteiger partial charge on any atom is -0.507 e. The minimum atomic E-state index is -0.506. The number of nitro groups is 1. The highest BCUT2D eigenvalue weighted by atomic mass is 16.6. The molecule has 0 fully saturated rings. The zero-order valence-electron chi connectivity index (χ0n) is 9.47. The number of hydrogen-bond donors (Lipinski definition) is 1. The van der Waals surface area contributed by atoms with Gasteiger partial charge in [0, 0.05) is 23.9 Å². The van der Waals surface area contributed by atoms with E-state index in [-0.39, 0.29) is 17.0 Å². The number of phenolic OH excluding ortho intramolecular Hbond substituents is 1. The lowest BCUT2D eigenvalue weighted by Gasteiger charge is -2.10. The van der Waals surface area contributed by atoms with Gasteiger partial charge in [-0.05, 0) is 26.8 Å². The van der Waals surface area contributed by atoms with Gasteiger partial charge in [-0.2, -0.15) is 0 Å². The molecule has 86 valence electrons. The number of phenols is 1. The highest BCUT2D eigenvalue weighted by Gasteiger charge is 2.10. The maximum absolute atomic E-state index is 10.5. The van der Waals surface area contributed by atoms with Crippen LogP contribution in [-0.2, 0) is 0 Å². The van der Waals surface area contributed by atoms with Crippen molar-refractivity contribution < 1.29 is 10.0 Å². The highest BCUT2D eigenvalue weighted by molar-refractivity contribution is 5.84. The van der Waals surface area contributed by atoms with Gasteiger partial charge < -0.3 is 5.11 Å². The number of non-ortho nitro benzene ring substituents is 1. The van der Waals surface area contributed by atoms with Crippen molar-refractivity contribution in [1.29, 1.82) is 0 Å². The predicted molar refractivity (Wildman–Crippen MR) is 62.1 cm³/mol. The van der Waals surface area contributed by atoms with Crippen LogP contribution in [0.25, 0.3) is 0 Å². The molecule has 16 heavy (non-hydrogen) atoms. The molecular weight excluding hydrogens is 208 g/mol. The molecule has 1 rings (SSSR count). The van der Waals surface area contributed by atoms with Gasteiger partial charge in [-0.15, -0.1) is 0 Å². The van der Waals surface area contributed by atoms with Crippen LogP contribution in [0.1, 0.15) is 26.3 Å². The first-order chi connectivity index (χ1) is 7.29. The second-order valence-electron chi connectivity index (χ2n) is 4.43. The van der Waals surface area contributed by atoms with Gasteiger partial charge in [-0.3, -0.25) is 15.1 Å². The quantitative estimate of drug-likeness (QED) is 0.474. The molecule has 1 aromatic carbocycles. The van der Waals surface area contributed by atoms with Crippen LogP contribution in [0.15, 0.2) is 23.2 Å². The summed E-state index contributed by atoms with van der Waals surface area (Å²) in [5, 5.41) is 20.0. The van der Waals surface area contributed by atoms with Crippen molar-refractivity contribution in [2.45, 2.75) is 26.3 Å². The third kappa shape index (κ3) is 3.34. The van der Waals surface area contributed by atoms with E-state index in [9.17, 15) is 15.2 Å². The molecule has 0 radical (unpaired) electrons.